The third-order valence-corrected chi connectivity index (χ3v) is 7.88. The summed E-state index contributed by atoms with van der Waals surface area (Å²) in [4.78, 5) is 24.2. The summed E-state index contributed by atoms with van der Waals surface area (Å²) in [7, 11) is 0. The number of rotatable bonds is 7. The molecule has 5 nitrogen and oxygen atoms in total. The van der Waals surface area contributed by atoms with Gasteiger partial charge in [-0.25, -0.2) is 4.98 Å². The first-order valence-corrected chi connectivity index (χ1v) is 15.1. The van der Waals surface area contributed by atoms with Crippen molar-refractivity contribution in [2.45, 2.75) is 32.6 Å². The van der Waals surface area contributed by atoms with Gasteiger partial charge in [-0.1, -0.05) is 117 Å². The van der Waals surface area contributed by atoms with E-state index in [0.717, 1.165) is 85.1 Å². The number of H-pyrrole nitrogens is 1. The van der Waals surface area contributed by atoms with Gasteiger partial charge in [0.05, 0.1) is 16.7 Å². The van der Waals surface area contributed by atoms with Gasteiger partial charge in [-0.05, 0) is 53.0 Å². The van der Waals surface area contributed by atoms with Crippen molar-refractivity contribution in [3.63, 3.8) is 0 Å². The Balaban J connectivity index is 0.00000343. The molecular weight excluding hydrogens is 592 g/mol. The number of nitrogens with one attached hydrogen (secondary N) is 1. The standard InChI is InChI=1S/C38H33N5.Zn/c1-2-3-4-11-24-39-38-34-22-20-32(42-34)36(26-12-7-5-8-13-26)30-18-16-28(40-30)25-29-17-19-31(41-29)37(27-14-9-6-10-15-27)33-21-23-35(38)43-33;/h5-10,12-23,25,40H,2-4,11,24H2,1H3;/q-2;+2. The molecule has 0 aliphatic carbocycles. The molecular formula is C38H33N5Zn. The van der Waals surface area contributed by atoms with Crippen LogP contribution in [0.15, 0.2) is 108 Å². The Morgan fingerprint density at radius 3 is 2.11 bits per heavy atom. The SMILES string of the molecule is CCCCCCN=c1c2nc(c(-c3ccccc3)c3ccc(cc4ccc([nH]4)c(-c4ccccc4)c4ccc1[n-]4)[n-]3)C=C2.[Zn+2]. The number of fused-ring (bicyclic) bond motifs is 8. The number of benzene rings is 2. The van der Waals surface area contributed by atoms with Crippen molar-refractivity contribution in [2.24, 2.45) is 4.99 Å². The smallest absolute Gasteiger partial charge is 0.657 e. The Morgan fingerprint density at radius 1 is 0.659 bits per heavy atom. The molecule has 5 heterocycles. The van der Waals surface area contributed by atoms with Gasteiger partial charge in [0.25, 0.3) is 0 Å². The number of aromatic nitrogens is 4. The van der Waals surface area contributed by atoms with Crippen LogP contribution in [-0.4, -0.2) is 16.5 Å². The van der Waals surface area contributed by atoms with E-state index in [9.17, 15) is 0 Å². The molecule has 0 saturated carbocycles. The normalized spacial score (nSPS) is 12.1. The predicted molar refractivity (Wildman–Crippen MR) is 179 cm³/mol. The molecule has 212 valence electrons. The van der Waals surface area contributed by atoms with Crippen molar-refractivity contribution < 1.29 is 19.5 Å². The van der Waals surface area contributed by atoms with Crippen molar-refractivity contribution in [1.29, 1.82) is 0 Å². The molecule has 0 atom stereocenters. The van der Waals surface area contributed by atoms with Crippen LogP contribution in [0, 0.1) is 0 Å². The summed E-state index contributed by atoms with van der Waals surface area (Å²) in [5.41, 5.74) is 11.4. The molecule has 0 unspecified atom stereocenters. The molecule has 0 fully saturated rings. The van der Waals surface area contributed by atoms with Gasteiger partial charge in [0, 0.05) is 17.6 Å². The van der Waals surface area contributed by atoms with Crippen molar-refractivity contribution in [3.05, 3.63) is 120 Å². The molecule has 6 heteroatoms. The summed E-state index contributed by atoms with van der Waals surface area (Å²) in [6, 6.07) is 35.5. The third-order valence-electron chi connectivity index (χ3n) is 7.88. The van der Waals surface area contributed by atoms with Gasteiger partial charge >= 0.3 is 19.5 Å². The molecule has 8 bridgehead atoms. The molecule has 4 aromatic heterocycles. The van der Waals surface area contributed by atoms with Gasteiger partial charge in [0.2, 0.25) is 0 Å². The zero-order chi connectivity index (χ0) is 29.0. The average molecular weight is 625 g/mol. The zero-order valence-electron chi connectivity index (χ0n) is 25.0. The van der Waals surface area contributed by atoms with E-state index in [1.54, 1.807) is 0 Å². The van der Waals surface area contributed by atoms with Crippen LogP contribution in [0.25, 0.3) is 67.5 Å². The van der Waals surface area contributed by atoms with Crippen LogP contribution in [0.4, 0.5) is 0 Å². The van der Waals surface area contributed by atoms with Gasteiger partial charge in [-0.3, -0.25) is 4.99 Å². The summed E-state index contributed by atoms with van der Waals surface area (Å²) >= 11 is 0. The maximum atomic E-state index is 5.19. The van der Waals surface area contributed by atoms with Crippen molar-refractivity contribution >= 4 is 45.3 Å². The first-order valence-electron chi connectivity index (χ1n) is 15.1. The zero-order valence-corrected chi connectivity index (χ0v) is 28.0. The van der Waals surface area contributed by atoms with Gasteiger partial charge in [0.15, 0.2) is 0 Å². The van der Waals surface area contributed by atoms with Crippen LogP contribution in [0.1, 0.15) is 44.0 Å². The molecule has 1 aliphatic rings. The monoisotopic (exact) mass is 623 g/mol. The molecule has 1 aliphatic heterocycles. The summed E-state index contributed by atoms with van der Waals surface area (Å²) in [5.74, 6) is 0. The van der Waals surface area contributed by atoms with E-state index in [1.165, 1.54) is 19.3 Å². The molecule has 2 aromatic carbocycles. The van der Waals surface area contributed by atoms with E-state index in [-0.39, 0.29) is 19.5 Å². The van der Waals surface area contributed by atoms with Crippen molar-refractivity contribution in [1.82, 2.24) is 19.9 Å². The fourth-order valence-corrected chi connectivity index (χ4v) is 5.77. The number of unbranched alkanes of at least 4 members (excludes halogenated alkanes) is 3. The Hall–Kier alpha value is -4.54. The molecule has 44 heavy (non-hydrogen) atoms. The fourth-order valence-electron chi connectivity index (χ4n) is 5.77. The van der Waals surface area contributed by atoms with E-state index in [0.29, 0.717) is 0 Å². The van der Waals surface area contributed by atoms with Crippen LogP contribution in [0.2, 0.25) is 0 Å². The van der Waals surface area contributed by atoms with Crippen LogP contribution in [-0.2, 0) is 19.5 Å². The first-order chi connectivity index (χ1) is 21.3. The number of aromatic amines is 1. The van der Waals surface area contributed by atoms with Gasteiger partial charge < -0.3 is 15.0 Å². The second-order valence-corrected chi connectivity index (χ2v) is 10.9. The topological polar surface area (TPSA) is 69.2 Å². The number of hydrogen-bond acceptors (Lipinski definition) is 2. The minimum Gasteiger partial charge on any atom is -0.657 e. The van der Waals surface area contributed by atoms with Gasteiger partial charge in [-0.15, -0.1) is 22.1 Å². The predicted octanol–water partition coefficient (Wildman–Crippen LogP) is 8.77. The van der Waals surface area contributed by atoms with Crippen molar-refractivity contribution in [2.75, 3.05) is 6.54 Å². The maximum absolute atomic E-state index is 5.19. The third kappa shape index (κ3) is 6.09. The van der Waals surface area contributed by atoms with E-state index >= 15 is 0 Å². The van der Waals surface area contributed by atoms with E-state index in [1.807, 2.05) is 12.1 Å². The minimum absolute atomic E-state index is 0. The Bertz CT molecular complexity index is 2120. The maximum Gasteiger partial charge on any atom is 2.00 e. The second kappa shape index (κ2) is 13.4. The summed E-state index contributed by atoms with van der Waals surface area (Å²) < 4.78 is 0. The molecule has 7 rings (SSSR count). The molecule has 0 radical (unpaired) electrons. The number of hydrogen-bond donors (Lipinski definition) is 1. The van der Waals surface area contributed by atoms with Crippen molar-refractivity contribution in [3.8, 4) is 22.3 Å². The van der Waals surface area contributed by atoms with Crippen LogP contribution < -0.4 is 15.3 Å². The van der Waals surface area contributed by atoms with Crippen LogP contribution in [0.3, 0.4) is 0 Å². The average Bonchev–Trinajstić information content (AvgIpc) is 3.86. The van der Waals surface area contributed by atoms with E-state index in [4.69, 9.17) is 19.9 Å². The summed E-state index contributed by atoms with van der Waals surface area (Å²) in [6.07, 6.45) is 8.79. The van der Waals surface area contributed by atoms with Crippen LogP contribution in [0.5, 0.6) is 0 Å². The minimum atomic E-state index is 0. The summed E-state index contributed by atoms with van der Waals surface area (Å²) in [6.45, 7) is 2.98. The second-order valence-electron chi connectivity index (χ2n) is 10.9. The molecule has 0 saturated heterocycles. The van der Waals surface area contributed by atoms with E-state index < -0.39 is 0 Å². The van der Waals surface area contributed by atoms with Gasteiger partial charge in [0.1, 0.15) is 0 Å². The summed E-state index contributed by atoms with van der Waals surface area (Å²) in [5, 5.41) is 0.831. The van der Waals surface area contributed by atoms with Crippen LogP contribution >= 0.6 is 0 Å². The van der Waals surface area contributed by atoms with Gasteiger partial charge in [-0.2, -0.15) is 0 Å². The fraction of sp³-hybridized carbons (Fsp3) is 0.158. The molecule has 6 aromatic rings. The molecule has 0 spiro atoms. The Labute approximate surface area is 270 Å². The Kier molecular flexibility index (Phi) is 9.00. The largest absolute Gasteiger partial charge is 2.00 e. The Morgan fingerprint density at radius 2 is 1.34 bits per heavy atom. The quantitative estimate of drug-likeness (QED) is 0.142. The number of nitrogens with zero attached hydrogens (tertiary/aromatic N) is 4. The first kappa shape index (κ1) is 29.5. The molecule has 0 amide bonds. The van der Waals surface area contributed by atoms with E-state index in [2.05, 4.69) is 115 Å². The molecule has 1 N–H and O–H groups in total.